The van der Waals surface area contributed by atoms with E-state index in [1.807, 2.05) is 0 Å². The zero-order valence-corrected chi connectivity index (χ0v) is 18.2. The highest BCUT2D eigenvalue weighted by molar-refractivity contribution is 4.90. The third-order valence-corrected chi connectivity index (χ3v) is 8.03. The number of allylic oxidation sites excluding steroid dienone is 2. The highest BCUT2D eigenvalue weighted by Crippen LogP contribution is 2.44. The Morgan fingerprint density at radius 1 is 0.786 bits per heavy atom. The first-order chi connectivity index (χ1) is 13.4. The summed E-state index contributed by atoms with van der Waals surface area (Å²) in [5.41, 5.74) is 0. The maximum atomic E-state index is 14.4. The van der Waals surface area contributed by atoms with E-state index in [9.17, 15) is 8.78 Å². The maximum absolute atomic E-state index is 14.4. The summed E-state index contributed by atoms with van der Waals surface area (Å²) >= 11 is 0. The first-order valence-electron chi connectivity index (χ1n) is 12.1. The largest absolute Gasteiger partial charge is 0.356 e. The summed E-state index contributed by atoms with van der Waals surface area (Å²) < 4.78 is 33.9. The Hall–Kier alpha value is -0.440. The summed E-state index contributed by atoms with van der Waals surface area (Å²) in [6.45, 7) is 4.63. The molecule has 162 valence electrons. The Morgan fingerprint density at radius 2 is 1.32 bits per heavy atom. The predicted molar refractivity (Wildman–Crippen MR) is 112 cm³/mol. The van der Waals surface area contributed by atoms with Gasteiger partial charge in [0.1, 0.15) is 0 Å². The number of hydrogen-bond donors (Lipinski definition) is 0. The van der Waals surface area contributed by atoms with Gasteiger partial charge in [0.25, 0.3) is 0 Å². The standard InChI is InChI=1S/C25H42F2O/c1-3-4-20-9-13-23(14-10-20)24-15-11-21(12-16-24)17-25(26,27)28-18-22-7-5-19(2)6-8-22/h3-4,19-24H,5-18H2,1-2H3/b4-3+. The molecule has 0 spiro atoms. The fourth-order valence-corrected chi connectivity index (χ4v) is 6.08. The van der Waals surface area contributed by atoms with Gasteiger partial charge in [-0.3, -0.25) is 0 Å². The van der Waals surface area contributed by atoms with Crippen molar-refractivity contribution in [3.63, 3.8) is 0 Å². The predicted octanol–water partition coefficient (Wildman–Crippen LogP) is 8.00. The van der Waals surface area contributed by atoms with Crippen LogP contribution in [0.15, 0.2) is 12.2 Å². The molecule has 0 heterocycles. The van der Waals surface area contributed by atoms with Crippen LogP contribution in [0.25, 0.3) is 0 Å². The number of ether oxygens (including phenoxy) is 1. The zero-order valence-electron chi connectivity index (χ0n) is 18.2. The zero-order chi connectivity index (χ0) is 20.0. The first kappa shape index (κ1) is 22.2. The van der Waals surface area contributed by atoms with Gasteiger partial charge in [-0.25, -0.2) is 0 Å². The van der Waals surface area contributed by atoms with Gasteiger partial charge in [0.15, 0.2) is 0 Å². The molecule has 0 unspecified atom stereocenters. The minimum atomic E-state index is -2.93. The second-order valence-corrected chi connectivity index (χ2v) is 10.3. The third kappa shape index (κ3) is 6.82. The van der Waals surface area contributed by atoms with E-state index >= 15 is 0 Å². The minimum absolute atomic E-state index is 0.0587. The SMILES string of the molecule is C/C=C/C1CCC(C2CCC(CC(F)(F)OCC3CCC(C)CC3)CC2)CC1. The quantitative estimate of drug-likeness (QED) is 0.396. The molecule has 0 aliphatic heterocycles. The van der Waals surface area contributed by atoms with Gasteiger partial charge in [-0.15, -0.1) is 0 Å². The molecule has 0 aromatic heterocycles. The molecule has 0 aromatic rings. The smallest absolute Gasteiger partial charge is 0.320 e. The molecule has 3 rings (SSSR count). The van der Waals surface area contributed by atoms with Gasteiger partial charge in [0.2, 0.25) is 0 Å². The molecule has 3 aliphatic carbocycles. The van der Waals surface area contributed by atoms with Crippen molar-refractivity contribution in [3.8, 4) is 0 Å². The molecule has 3 saturated carbocycles. The highest BCUT2D eigenvalue weighted by atomic mass is 19.3. The van der Waals surface area contributed by atoms with E-state index in [1.54, 1.807) is 0 Å². The van der Waals surface area contributed by atoms with E-state index in [2.05, 4.69) is 26.0 Å². The van der Waals surface area contributed by atoms with Crippen LogP contribution in [0.4, 0.5) is 8.78 Å². The molecule has 0 aromatic carbocycles. The molecule has 0 saturated heterocycles. The molecule has 0 amide bonds. The van der Waals surface area contributed by atoms with Crippen molar-refractivity contribution in [1.29, 1.82) is 0 Å². The van der Waals surface area contributed by atoms with Crippen LogP contribution in [0.5, 0.6) is 0 Å². The molecular formula is C25H42F2O. The molecule has 0 radical (unpaired) electrons. The summed E-state index contributed by atoms with van der Waals surface area (Å²) in [7, 11) is 0. The fraction of sp³-hybridized carbons (Fsp3) is 0.920. The second kappa shape index (κ2) is 10.5. The van der Waals surface area contributed by atoms with Crippen molar-refractivity contribution >= 4 is 0 Å². The van der Waals surface area contributed by atoms with Gasteiger partial charge < -0.3 is 4.74 Å². The van der Waals surface area contributed by atoms with Crippen LogP contribution in [-0.4, -0.2) is 12.7 Å². The van der Waals surface area contributed by atoms with E-state index in [1.165, 1.54) is 38.5 Å². The molecule has 3 aliphatic rings. The summed E-state index contributed by atoms with van der Waals surface area (Å²) in [6, 6.07) is 0. The highest BCUT2D eigenvalue weighted by Gasteiger charge is 2.38. The van der Waals surface area contributed by atoms with Crippen LogP contribution in [0.1, 0.15) is 97.3 Å². The molecule has 0 N–H and O–H groups in total. The Balaban J connectivity index is 1.34. The number of halogens is 2. The Morgan fingerprint density at radius 3 is 1.89 bits per heavy atom. The van der Waals surface area contributed by atoms with Crippen molar-refractivity contribution in [3.05, 3.63) is 12.2 Å². The Kier molecular flexibility index (Phi) is 8.38. The third-order valence-electron chi connectivity index (χ3n) is 8.03. The van der Waals surface area contributed by atoms with E-state index in [0.29, 0.717) is 5.92 Å². The van der Waals surface area contributed by atoms with Gasteiger partial charge in [-0.05, 0) is 107 Å². The number of alkyl halides is 2. The molecule has 28 heavy (non-hydrogen) atoms. The molecule has 3 heteroatoms. The monoisotopic (exact) mass is 396 g/mol. The lowest BCUT2D eigenvalue weighted by atomic mass is 9.69. The van der Waals surface area contributed by atoms with Gasteiger partial charge in [0, 0.05) is 6.42 Å². The van der Waals surface area contributed by atoms with E-state index in [-0.39, 0.29) is 18.9 Å². The minimum Gasteiger partial charge on any atom is -0.320 e. The maximum Gasteiger partial charge on any atom is 0.356 e. The van der Waals surface area contributed by atoms with E-state index in [4.69, 9.17) is 4.74 Å². The van der Waals surface area contributed by atoms with Gasteiger partial charge >= 0.3 is 6.11 Å². The second-order valence-electron chi connectivity index (χ2n) is 10.3. The molecule has 1 nitrogen and oxygen atoms in total. The van der Waals surface area contributed by atoms with Gasteiger partial charge in [-0.2, -0.15) is 8.78 Å². The normalized spacial score (nSPS) is 38.0. The summed E-state index contributed by atoms with van der Waals surface area (Å²) in [6.07, 6.45) is 15.6. The van der Waals surface area contributed by atoms with Crippen molar-refractivity contribution in [2.24, 2.45) is 35.5 Å². The van der Waals surface area contributed by atoms with Crippen LogP contribution in [0, 0.1) is 35.5 Å². The average Bonchev–Trinajstić information content (AvgIpc) is 2.69. The summed E-state index contributed by atoms with van der Waals surface area (Å²) in [5, 5.41) is 0. The van der Waals surface area contributed by atoms with Crippen molar-refractivity contribution in [1.82, 2.24) is 0 Å². The van der Waals surface area contributed by atoms with Crippen LogP contribution in [0.3, 0.4) is 0 Å². The van der Waals surface area contributed by atoms with Gasteiger partial charge in [0.05, 0.1) is 6.61 Å². The van der Waals surface area contributed by atoms with Gasteiger partial charge in [-0.1, -0.05) is 31.9 Å². The number of rotatable bonds is 7. The fourth-order valence-electron chi connectivity index (χ4n) is 6.08. The summed E-state index contributed by atoms with van der Waals surface area (Å²) in [5.74, 6) is 3.65. The van der Waals surface area contributed by atoms with E-state index in [0.717, 1.165) is 62.2 Å². The van der Waals surface area contributed by atoms with Crippen molar-refractivity contribution < 1.29 is 13.5 Å². The molecule has 0 bridgehead atoms. The lowest BCUT2D eigenvalue weighted by Crippen LogP contribution is -2.31. The van der Waals surface area contributed by atoms with Crippen LogP contribution in [0.2, 0.25) is 0 Å². The Labute approximate surface area is 171 Å². The lowest BCUT2D eigenvalue weighted by molar-refractivity contribution is -0.256. The van der Waals surface area contributed by atoms with Crippen molar-refractivity contribution in [2.75, 3.05) is 6.61 Å². The van der Waals surface area contributed by atoms with Crippen LogP contribution >= 0.6 is 0 Å². The molecular weight excluding hydrogens is 354 g/mol. The lowest BCUT2D eigenvalue weighted by Gasteiger charge is -2.38. The Bertz CT molecular complexity index is 465. The average molecular weight is 397 g/mol. The topological polar surface area (TPSA) is 9.23 Å². The molecule has 3 fully saturated rings. The van der Waals surface area contributed by atoms with Crippen molar-refractivity contribution in [2.45, 2.75) is 103 Å². The van der Waals surface area contributed by atoms with Crippen LogP contribution in [-0.2, 0) is 4.74 Å². The first-order valence-corrected chi connectivity index (χ1v) is 12.1. The van der Waals surface area contributed by atoms with Crippen LogP contribution < -0.4 is 0 Å². The molecule has 0 atom stereocenters. The number of hydrogen-bond acceptors (Lipinski definition) is 1. The summed E-state index contributed by atoms with van der Waals surface area (Å²) in [4.78, 5) is 0. The van der Waals surface area contributed by atoms with E-state index < -0.39 is 6.11 Å².